The van der Waals surface area contributed by atoms with Crippen molar-refractivity contribution in [3.05, 3.63) is 28.2 Å². The van der Waals surface area contributed by atoms with Gasteiger partial charge in [0.15, 0.2) is 0 Å². The van der Waals surface area contributed by atoms with E-state index in [-0.39, 0.29) is 18.1 Å². The maximum Gasteiger partial charge on any atom is 0.219 e. The Morgan fingerprint density at radius 1 is 1.39 bits per heavy atom. The quantitative estimate of drug-likeness (QED) is 0.641. The number of β-amino-alcohol motifs (C(OH)–C–C–N with tert-alkyl or cyclic N) is 1. The molecule has 1 amide bonds. The first-order valence-corrected chi connectivity index (χ1v) is 8.61. The second kappa shape index (κ2) is 9.25. The van der Waals surface area contributed by atoms with Crippen LogP contribution in [0.1, 0.15) is 39.7 Å². The topological polar surface area (TPSA) is 70.6 Å². The molecule has 0 aliphatic carbocycles. The number of aliphatic hydroxyl groups is 1. The van der Waals surface area contributed by atoms with Gasteiger partial charge in [-0.3, -0.25) is 4.79 Å². The van der Waals surface area contributed by atoms with Gasteiger partial charge >= 0.3 is 0 Å². The summed E-state index contributed by atoms with van der Waals surface area (Å²) >= 11 is 3.46. The molecule has 0 aromatic heterocycles. The van der Waals surface area contributed by atoms with Gasteiger partial charge in [-0.25, -0.2) is 0 Å². The van der Waals surface area contributed by atoms with Crippen LogP contribution < -0.4 is 15.4 Å². The summed E-state index contributed by atoms with van der Waals surface area (Å²) in [6.07, 6.45) is -0.104. The van der Waals surface area contributed by atoms with Gasteiger partial charge in [0, 0.05) is 25.0 Å². The monoisotopic (exact) mass is 386 g/mol. The third kappa shape index (κ3) is 8.34. The molecular weight excluding hydrogens is 360 g/mol. The lowest BCUT2D eigenvalue weighted by Crippen LogP contribution is -2.42. The summed E-state index contributed by atoms with van der Waals surface area (Å²) in [5.41, 5.74) is 0.951. The van der Waals surface area contributed by atoms with Crippen LogP contribution in [0.4, 0.5) is 0 Å². The molecule has 1 aromatic rings. The number of aliphatic hydroxyl groups excluding tert-OH is 1. The zero-order valence-electron chi connectivity index (χ0n) is 14.3. The van der Waals surface area contributed by atoms with E-state index in [9.17, 15) is 9.90 Å². The predicted molar refractivity (Wildman–Crippen MR) is 95.5 cm³/mol. The van der Waals surface area contributed by atoms with Crippen molar-refractivity contribution in [2.24, 2.45) is 0 Å². The number of benzene rings is 1. The molecule has 0 saturated carbocycles. The van der Waals surface area contributed by atoms with Crippen molar-refractivity contribution in [1.82, 2.24) is 10.6 Å². The van der Waals surface area contributed by atoms with E-state index in [0.29, 0.717) is 25.3 Å². The van der Waals surface area contributed by atoms with E-state index < -0.39 is 6.10 Å². The summed E-state index contributed by atoms with van der Waals surface area (Å²) in [5.74, 6) is 0.696. The number of rotatable bonds is 8. The van der Waals surface area contributed by atoms with Gasteiger partial charge in [0.25, 0.3) is 0 Å². The van der Waals surface area contributed by atoms with Crippen LogP contribution in [0.25, 0.3) is 0 Å². The summed E-state index contributed by atoms with van der Waals surface area (Å²) in [7, 11) is 0. The van der Waals surface area contributed by atoms with Crippen LogP contribution in [-0.2, 0) is 11.3 Å². The Labute approximate surface area is 146 Å². The van der Waals surface area contributed by atoms with Crippen LogP contribution in [0.5, 0.6) is 5.75 Å². The summed E-state index contributed by atoms with van der Waals surface area (Å²) in [5, 5.41) is 16.0. The van der Waals surface area contributed by atoms with E-state index in [1.165, 1.54) is 0 Å². The molecule has 1 rings (SSSR count). The molecule has 1 atom stereocenters. The number of carbonyl (C=O) groups is 1. The molecule has 3 N–H and O–H groups in total. The minimum Gasteiger partial charge on any atom is -0.490 e. The van der Waals surface area contributed by atoms with Crippen molar-refractivity contribution in [1.29, 1.82) is 0 Å². The van der Waals surface area contributed by atoms with Gasteiger partial charge in [-0.05, 0) is 54.4 Å². The highest BCUT2D eigenvalue weighted by atomic mass is 79.9. The van der Waals surface area contributed by atoms with Crippen LogP contribution in [0.15, 0.2) is 22.7 Å². The van der Waals surface area contributed by atoms with Crippen molar-refractivity contribution >= 4 is 21.8 Å². The van der Waals surface area contributed by atoms with E-state index in [2.05, 4.69) is 26.6 Å². The smallest absolute Gasteiger partial charge is 0.219 e. The molecule has 0 aliphatic rings. The molecule has 5 nitrogen and oxygen atoms in total. The van der Waals surface area contributed by atoms with Crippen molar-refractivity contribution in [3.8, 4) is 5.75 Å². The Hall–Kier alpha value is -1.11. The summed E-state index contributed by atoms with van der Waals surface area (Å²) < 4.78 is 6.44. The first-order chi connectivity index (χ1) is 10.7. The van der Waals surface area contributed by atoms with Crippen LogP contribution >= 0.6 is 15.9 Å². The van der Waals surface area contributed by atoms with Gasteiger partial charge in [-0.2, -0.15) is 0 Å². The molecule has 1 unspecified atom stereocenters. The standard InChI is InChI=1S/C17H27BrN2O3/c1-5-16(22)19-9-12-6-7-15(14(18)8-12)23-11-13(21)10-20-17(2,3)4/h6-8,13,20-21H,5,9-11H2,1-4H3,(H,19,22). The Bertz CT molecular complexity index is 515. The zero-order chi connectivity index (χ0) is 17.5. The predicted octanol–water partition coefficient (Wildman–Crippen LogP) is 2.60. The molecule has 0 fully saturated rings. The highest BCUT2D eigenvalue weighted by Crippen LogP contribution is 2.26. The SMILES string of the molecule is CCC(=O)NCc1ccc(OCC(O)CNC(C)(C)C)c(Br)c1. The van der Waals surface area contributed by atoms with Gasteiger partial charge in [0.1, 0.15) is 18.5 Å². The van der Waals surface area contributed by atoms with Crippen LogP contribution in [-0.4, -0.2) is 35.8 Å². The summed E-state index contributed by atoms with van der Waals surface area (Å²) in [4.78, 5) is 11.3. The summed E-state index contributed by atoms with van der Waals surface area (Å²) in [6, 6.07) is 5.64. The van der Waals surface area contributed by atoms with Gasteiger partial charge in [0.05, 0.1) is 4.47 Å². The number of halogens is 1. The van der Waals surface area contributed by atoms with Crippen molar-refractivity contribution in [2.75, 3.05) is 13.2 Å². The van der Waals surface area contributed by atoms with Gasteiger partial charge < -0.3 is 20.5 Å². The minimum absolute atomic E-state index is 0.0240. The molecule has 0 saturated heterocycles. The van der Waals surface area contributed by atoms with Gasteiger partial charge in [0.2, 0.25) is 5.91 Å². The number of hydrogen-bond acceptors (Lipinski definition) is 4. The molecular formula is C17H27BrN2O3. The summed E-state index contributed by atoms with van der Waals surface area (Å²) in [6.45, 7) is 9.15. The van der Waals surface area contributed by atoms with Gasteiger partial charge in [-0.1, -0.05) is 13.0 Å². The maximum absolute atomic E-state index is 11.3. The Balaban J connectivity index is 2.47. The fraction of sp³-hybridized carbons (Fsp3) is 0.588. The second-order valence-corrected chi connectivity index (χ2v) is 7.35. The average Bonchev–Trinajstić information content (AvgIpc) is 2.48. The third-order valence-corrected chi connectivity index (χ3v) is 3.73. The lowest BCUT2D eigenvalue weighted by atomic mass is 10.1. The molecule has 0 spiro atoms. The fourth-order valence-corrected chi connectivity index (χ4v) is 2.31. The molecule has 130 valence electrons. The van der Waals surface area contributed by atoms with Crippen LogP contribution in [0.2, 0.25) is 0 Å². The Kier molecular flexibility index (Phi) is 8.02. The molecule has 6 heteroatoms. The normalized spacial score (nSPS) is 12.8. The fourth-order valence-electron chi connectivity index (χ4n) is 1.77. The molecule has 0 bridgehead atoms. The second-order valence-electron chi connectivity index (χ2n) is 6.49. The lowest BCUT2D eigenvalue weighted by molar-refractivity contribution is -0.120. The highest BCUT2D eigenvalue weighted by molar-refractivity contribution is 9.10. The number of ether oxygens (including phenoxy) is 1. The van der Waals surface area contributed by atoms with Crippen molar-refractivity contribution < 1.29 is 14.6 Å². The van der Waals surface area contributed by atoms with E-state index in [4.69, 9.17) is 4.74 Å². The number of carbonyl (C=O) groups excluding carboxylic acids is 1. The molecule has 0 aliphatic heterocycles. The van der Waals surface area contributed by atoms with Gasteiger partial charge in [-0.15, -0.1) is 0 Å². The first kappa shape index (κ1) is 19.9. The Morgan fingerprint density at radius 2 is 2.09 bits per heavy atom. The van der Waals surface area contributed by atoms with E-state index in [0.717, 1.165) is 10.0 Å². The average molecular weight is 387 g/mol. The van der Waals surface area contributed by atoms with E-state index >= 15 is 0 Å². The number of amides is 1. The number of nitrogens with one attached hydrogen (secondary N) is 2. The molecule has 1 aromatic carbocycles. The first-order valence-electron chi connectivity index (χ1n) is 7.82. The molecule has 0 heterocycles. The van der Waals surface area contributed by atoms with Crippen LogP contribution in [0.3, 0.4) is 0 Å². The van der Waals surface area contributed by atoms with Crippen molar-refractivity contribution in [2.45, 2.75) is 52.3 Å². The number of hydrogen-bond donors (Lipinski definition) is 3. The van der Waals surface area contributed by atoms with Crippen molar-refractivity contribution in [3.63, 3.8) is 0 Å². The maximum atomic E-state index is 11.3. The third-order valence-electron chi connectivity index (χ3n) is 3.11. The zero-order valence-corrected chi connectivity index (χ0v) is 15.9. The van der Waals surface area contributed by atoms with E-state index in [1.54, 1.807) is 0 Å². The molecule has 23 heavy (non-hydrogen) atoms. The lowest BCUT2D eigenvalue weighted by Gasteiger charge is -2.23. The largest absolute Gasteiger partial charge is 0.490 e. The highest BCUT2D eigenvalue weighted by Gasteiger charge is 2.13. The Morgan fingerprint density at radius 3 is 2.65 bits per heavy atom. The van der Waals surface area contributed by atoms with E-state index in [1.807, 2.05) is 45.9 Å². The van der Waals surface area contributed by atoms with Crippen LogP contribution in [0, 0.1) is 0 Å². The minimum atomic E-state index is -0.579. The molecule has 0 radical (unpaired) electrons.